The zero-order valence-electron chi connectivity index (χ0n) is 74.3. The molecule has 0 unspecified atom stereocenters. The third-order valence-electron chi connectivity index (χ3n) is 22.8. The molecule has 682 valence electrons. The van der Waals surface area contributed by atoms with Gasteiger partial charge in [0.15, 0.2) is 5.78 Å². The third-order valence-corrected chi connectivity index (χ3v) is 22.8. The Labute approximate surface area is 750 Å². The molecular weight excluding hydrogens is 1610 g/mol. The first-order chi connectivity index (χ1) is 62.2. The number of benzene rings is 6. The molecule has 23 nitrogen and oxygen atoms in total. The van der Waals surface area contributed by atoms with E-state index < -0.39 is 35.9 Å². The van der Waals surface area contributed by atoms with Crippen molar-refractivity contribution in [2.75, 3.05) is 33.3 Å². The first-order valence-electron chi connectivity index (χ1n) is 46.1. The van der Waals surface area contributed by atoms with Gasteiger partial charge in [-0.2, -0.15) is 0 Å². The van der Waals surface area contributed by atoms with Crippen LogP contribution < -0.4 is 31.9 Å². The Morgan fingerprint density at radius 3 is 1.12 bits per heavy atom. The van der Waals surface area contributed by atoms with Crippen LogP contribution in [-0.2, 0) is 91.4 Å². The molecule has 0 spiro atoms. The van der Waals surface area contributed by atoms with E-state index in [1.54, 1.807) is 43.3 Å². The van der Waals surface area contributed by atoms with Crippen LogP contribution in [0.4, 0.5) is 0 Å². The molecule has 5 heterocycles. The quantitative estimate of drug-likeness (QED) is 0.0468. The van der Waals surface area contributed by atoms with Crippen molar-refractivity contribution in [3.05, 3.63) is 249 Å². The maximum atomic E-state index is 12.8. The van der Waals surface area contributed by atoms with Gasteiger partial charge >= 0.3 is 0 Å². The van der Waals surface area contributed by atoms with E-state index in [1.165, 1.54) is 51.4 Å². The highest BCUT2D eigenvalue weighted by Crippen LogP contribution is 2.25. The summed E-state index contributed by atoms with van der Waals surface area (Å²) in [4.78, 5) is 154. The number of aryl methyl sites for hydroxylation is 4. The van der Waals surface area contributed by atoms with Crippen LogP contribution in [0.3, 0.4) is 0 Å². The van der Waals surface area contributed by atoms with E-state index in [9.17, 15) is 62.3 Å². The number of nitrogens with one attached hydrogen (secondary N) is 6. The number of ketones is 2. The van der Waals surface area contributed by atoms with E-state index in [4.69, 9.17) is 18.9 Å². The molecule has 12 rings (SSSR count). The highest BCUT2D eigenvalue weighted by Gasteiger charge is 2.28. The molecule has 6 atom stereocenters. The molecule has 1 aliphatic carbocycles. The van der Waals surface area contributed by atoms with Crippen LogP contribution in [0, 0.1) is 5.92 Å². The van der Waals surface area contributed by atoms with Gasteiger partial charge in [-0.05, 0) is 199 Å². The molecular formula is C104H134N6O17. The van der Waals surface area contributed by atoms with Crippen molar-refractivity contribution in [3.63, 3.8) is 0 Å². The lowest BCUT2D eigenvalue weighted by molar-refractivity contribution is -0.138. The van der Waals surface area contributed by atoms with E-state index in [2.05, 4.69) is 44.0 Å². The van der Waals surface area contributed by atoms with Gasteiger partial charge in [0.1, 0.15) is 51.1 Å². The number of carbonyl (C=O) groups is 13. The molecule has 0 aromatic heterocycles. The van der Waals surface area contributed by atoms with Crippen molar-refractivity contribution in [1.82, 2.24) is 31.9 Å². The lowest BCUT2D eigenvalue weighted by atomic mass is 9.90. The average Bonchev–Trinajstić information content (AvgIpc) is 1.37. The minimum Gasteiger partial charge on any atom is -0.355 e. The van der Waals surface area contributed by atoms with Crippen LogP contribution >= 0.6 is 0 Å². The smallest absolute Gasteiger partial charge is 0.289 e. The van der Waals surface area contributed by atoms with Gasteiger partial charge in [0.25, 0.3) is 35.4 Å². The highest BCUT2D eigenvalue weighted by molar-refractivity contribution is 6.38. The van der Waals surface area contributed by atoms with Crippen LogP contribution in [0.5, 0.6) is 0 Å². The number of hydrogen-bond donors (Lipinski definition) is 6. The Hall–Kier alpha value is -11.1. The number of allylic oxidation sites excluding steroid dienone is 2. The summed E-state index contributed by atoms with van der Waals surface area (Å²) in [7, 11) is 0. The van der Waals surface area contributed by atoms with Gasteiger partial charge < -0.3 is 74.8 Å². The monoisotopic (exact) mass is 1740 g/mol. The summed E-state index contributed by atoms with van der Waals surface area (Å²) in [5, 5.41) is 16.4. The van der Waals surface area contributed by atoms with Crippen molar-refractivity contribution in [2.45, 2.75) is 275 Å². The van der Waals surface area contributed by atoms with Crippen LogP contribution in [0.1, 0.15) is 301 Å². The minimum absolute atomic E-state index is 0.103. The Morgan fingerprint density at radius 1 is 0.339 bits per heavy atom. The van der Waals surface area contributed by atoms with Gasteiger partial charge in [0.2, 0.25) is 5.78 Å². The summed E-state index contributed by atoms with van der Waals surface area (Å²) < 4.78 is 21.4. The lowest BCUT2D eigenvalue weighted by Gasteiger charge is -2.17. The van der Waals surface area contributed by atoms with Crippen molar-refractivity contribution < 1.29 is 81.3 Å². The Morgan fingerprint density at radius 2 is 0.677 bits per heavy atom. The van der Waals surface area contributed by atoms with Gasteiger partial charge in [-0.15, -0.1) is 0 Å². The van der Waals surface area contributed by atoms with E-state index in [-0.39, 0.29) is 60.9 Å². The van der Waals surface area contributed by atoms with Gasteiger partial charge in [0, 0.05) is 58.9 Å². The van der Waals surface area contributed by atoms with Crippen LogP contribution in [0.25, 0.3) is 0 Å². The topological polar surface area (TPSA) is 331 Å². The number of carbonyl (C=O) groups excluding carboxylic acids is 13. The van der Waals surface area contributed by atoms with E-state index in [0.717, 1.165) is 217 Å². The number of ether oxygens (including phenoxy) is 4. The minimum atomic E-state index is -0.846. The van der Waals surface area contributed by atoms with Crippen LogP contribution in [-0.4, -0.2) is 142 Å². The number of aldehydes is 5. The maximum Gasteiger partial charge on any atom is 0.289 e. The second-order valence-corrected chi connectivity index (χ2v) is 32.6. The molecule has 6 N–H and O–H groups in total. The number of fused-ring (bicyclic) bond motifs is 6. The number of hydrogen-bond acceptors (Lipinski definition) is 17. The Kier molecular flexibility index (Phi) is 51.0. The summed E-state index contributed by atoms with van der Waals surface area (Å²) in [6.45, 7) is 4.14. The summed E-state index contributed by atoms with van der Waals surface area (Å²) in [6.07, 6.45) is 50.4. The zero-order chi connectivity index (χ0) is 90.5. The summed E-state index contributed by atoms with van der Waals surface area (Å²) >= 11 is 0. The first-order valence-corrected chi connectivity index (χ1v) is 46.1. The normalized spacial score (nSPS) is 21.1. The van der Waals surface area contributed by atoms with Crippen molar-refractivity contribution in [1.29, 1.82) is 0 Å². The molecule has 0 bridgehead atoms. The first kappa shape index (κ1) is 103. The van der Waals surface area contributed by atoms with Gasteiger partial charge in [-0.3, -0.25) is 38.4 Å². The maximum absolute atomic E-state index is 12.8. The largest absolute Gasteiger partial charge is 0.355 e. The standard InChI is InChI=1S/C21H28N2O3.C19H26O2.C17H23NO2.C17H21NO2.C15H19NO4.C15H17NO4/c1-2-22-21(26)19(24)18-15-9-7-5-3-4-6-8-12-16-13-10-11-14-17(16)20(25)23-18;20-15-16-10-6-4-2-1-3-5-7-11-17-12-8-9-13-18(17)19(21)14-16;2*19-13-15-11-6-4-2-1-3-5-9-14-10-7-8-12-16(14)17(20)18-15;2*17-9-13-6-3-4-8-19-11-20-10-12-5-1-2-7-14(12)15(18)16-13/h7,9-11,13-14,18H,2-6,8,12,15H2,1H3,(H,22,26)(H,23,25);8-9,12-13,15-16H,1-7,10-11,14H2;7-8,10,12-13,15H,1-6,9,11H2,(H,18,20);4,6-8,10,12-13,15H,1-3,5,9,11H2,(H,18,20);1-2,5,7,9,13H,3-4,6,8,10-11H2,(H,16,18);1-5,7,9,13H,6,8,10-11H2,(H,16,18)/b9-7+;;;;;/t18-;16-;2*15-;2*13-/m010000/s1. The van der Waals surface area contributed by atoms with E-state index in [0.29, 0.717) is 87.3 Å². The molecule has 127 heavy (non-hydrogen) atoms. The molecule has 23 heteroatoms. The second-order valence-electron chi connectivity index (χ2n) is 32.6. The predicted octanol–water partition coefficient (Wildman–Crippen LogP) is 17.1. The van der Waals surface area contributed by atoms with Gasteiger partial charge in [0.05, 0.1) is 44.0 Å². The predicted molar refractivity (Wildman–Crippen MR) is 493 cm³/mol. The number of amides is 6. The third kappa shape index (κ3) is 39.8. The molecule has 5 aliphatic heterocycles. The fourth-order valence-corrected chi connectivity index (χ4v) is 15.6. The molecule has 6 aromatic rings. The molecule has 0 fully saturated rings. The average molecular weight is 1740 g/mol. The van der Waals surface area contributed by atoms with Gasteiger partial charge in [-0.1, -0.05) is 242 Å². The molecule has 0 radical (unpaired) electrons. The molecule has 0 saturated heterocycles. The summed E-state index contributed by atoms with van der Waals surface area (Å²) in [6, 6.07) is 42.6. The lowest BCUT2D eigenvalue weighted by Crippen LogP contribution is -2.47. The molecule has 6 aromatic carbocycles. The Balaban J connectivity index is 0.000000209. The zero-order valence-corrected chi connectivity index (χ0v) is 74.3. The highest BCUT2D eigenvalue weighted by atomic mass is 16.7. The van der Waals surface area contributed by atoms with Crippen molar-refractivity contribution in [2.24, 2.45) is 5.92 Å². The molecule has 6 amide bonds. The van der Waals surface area contributed by atoms with Crippen LogP contribution in [0.2, 0.25) is 0 Å². The summed E-state index contributed by atoms with van der Waals surface area (Å²) in [5.74, 6) is -2.28. The molecule has 0 saturated carbocycles. The summed E-state index contributed by atoms with van der Waals surface area (Å²) in [5.41, 5.74) is 9.76. The Bertz CT molecular complexity index is 4290. The second kappa shape index (κ2) is 62.9. The van der Waals surface area contributed by atoms with Crippen molar-refractivity contribution >= 4 is 78.4 Å². The van der Waals surface area contributed by atoms with Gasteiger partial charge in [-0.25, -0.2) is 0 Å². The van der Waals surface area contributed by atoms with Crippen molar-refractivity contribution in [3.8, 4) is 0 Å². The number of likely N-dealkylation sites (N-methyl/N-ethyl adjacent to an activating group) is 1. The number of Topliss-reactive ketones (excluding diaryl/α,β-unsaturated/α-hetero) is 2. The van der Waals surface area contributed by atoms with Crippen LogP contribution in [0.15, 0.2) is 182 Å². The fraction of sp³-hybridized carbons (Fsp3) is 0.471. The van der Waals surface area contributed by atoms with E-state index in [1.807, 2.05) is 133 Å². The molecule has 6 aliphatic rings. The van der Waals surface area contributed by atoms with E-state index >= 15 is 0 Å². The fourth-order valence-electron chi connectivity index (χ4n) is 15.6. The SMILES string of the molecule is CCNC(=O)C(=O)[C@@H]1C/C=C/CCCCCCc2ccccc2C(=O)N1.O=C[C@@H]1CC=CCCCCCc2ccccc2C(=O)N1.O=C[C@@H]1CC=CCOCOCc2ccccc2C(=O)N1.O=C[C@@H]1CCCCCCCCCc2ccccc2C(=O)C1.O=C[C@@H]1CCCCCCCCc2ccccc2C(=O)N1.O=C[C@@H]1CCCCOCOCc2ccccc2C(=O)N1. The number of rotatable bonds is 8.